The topological polar surface area (TPSA) is 46.2 Å². The minimum absolute atomic E-state index is 0.321. The highest BCUT2D eigenvalue weighted by atomic mass is 79.9. The lowest BCUT2D eigenvalue weighted by molar-refractivity contribution is 0.528. The fourth-order valence-electron chi connectivity index (χ4n) is 1.26. The van der Waals surface area contributed by atoms with Gasteiger partial charge in [-0.05, 0) is 36.6 Å². The van der Waals surface area contributed by atoms with Gasteiger partial charge in [0.1, 0.15) is 0 Å². The Kier molecular flexibility index (Phi) is 5.16. The van der Waals surface area contributed by atoms with Gasteiger partial charge in [-0.3, -0.25) is 0 Å². The first-order valence-corrected chi connectivity index (χ1v) is 7.90. The van der Waals surface area contributed by atoms with Crippen LogP contribution in [0.2, 0.25) is 0 Å². The van der Waals surface area contributed by atoms with Gasteiger partial charge in [-0.25, -0.2) is 13.1 Å². The molecule has 0 aliphatic rings. The lowest BCUT2D eigenvalue weighted by Gasteiger charge is -2.11. The Morgan fingerprint density at radius 1 is 1.41 bits per heavy atom. The van der Waals surface area contributed by atoms with Crippen molar-refractivity contribution >= 4 is 26.0 Å². The third-order valence-corrected chi connectivity index (χ3v) is 5.07. The first-order chi connectivity index (χ1) is 7.86. The molecule has 1 aromatic rings. The fourth-order valence-corrected chi connectivity index (χ4v) is 2.76. The number of aryl methyl sites for hydroxylation is 1. The number of nitrogens with one attached hydrogen (secondary N) is 1. The summed E-state index contributed by atoms with van der Waals surface area (Å²) in [6.45, 7) is 6.42. The minimum Gasteiger partial charge on any atom is -0.211 e. The molecule has 0 bridgehead atoms. The van der Waals surface area contributed by atoms with Crippen molar-refractivity contribution in [2.45, 2.75) is 32.1 Å². The van der Waals surface area contributed by atoms with Crippen molar-refractivity contribution < 1.29 is 8.42 Å². The third kappa shape index (κ3) is 4.08. The van der Waals surface area contributed by atoms with Crippen LogP contribution in [0.15, 0.2) is 27.6 Å². The second-order valence-electron chi connectivity index (χ2n) is 4.28. The monoisotopic (exact) mass is 319 g/mol. The molecule has 1 unspecified atom stereocenters. The summed E-state index contributed by atoms with van der Waals surface area (Å²) in [6.07, 6.45) is 0.960. The van der Waals surface area contributed by atoms with Crippen LogP contribution in [0.4, 0.5) is 0 Å². The second kappa shape index (κ2) is 5.98. The van der Waals surface area contributed by atoms with Crippen LogP contribution in [0, 0.1) is 12.8 Å². The smallest absolute Gasteiger partial charge is 0.211 e. The molecule has 1 N–H and O–H groups in total. The molecule has 96 valence electrons. The molecule has 5 heteroatoms. The minimum atomic E-state index is -3.38. The fraction of sp³-hybridized carbons (Fsp3) is 0.500. The molecule has 1 rings (SSSR count). The SMILES string of the molecule is CCC(C)CNS(=O)(=O)c1ccc(Br)c(C)c1. The zero-order valence-electron chi connectivity index (χ0n) is 10.3. The summed E-state index contributed by atoms with van der Waals surface area (Å²) in [6, 6.07) is 5.03. The lowest BCUT2D eigenvalue weighted by Crippen LogP contribution is -2.28. The molecule has 17 heavy (non-hydrogen) atoms. The van der Waals surface area contributed by atoms with E-state index in [4.69, 9.17) is 0 Å². The average Bonchev–Trinajstić information content (AvgIpc) is 2.29. The van der Waals surface area contributed by atoms with E-state index in [0.29, 0.717) is 17.4 Å². The van der Waals surface area contributed by atoms with E-state index in [9.17, 15) is 8.42 Å². The zero-order chi connectivity index (χ0) is 13.1. The largest absolute Gasteiger partial charge is 0.240 e. The Morgan fingerprint density at radius 3 is 2.59 bits per heavy atom. The van der Waals surface area contributed by atoms with Crippen molar-refractivity contribution in [3.05, 3.63) is 28.2 Å². The molecule has 0 heterocycles. The highest BCUT2D eigenvalue weighted by Gasteiger charge is 2.15. The Labute approximate surface area is 112 Å². The molecule has 0 aromatic heterocycles. The number of hydrogen-bond donors (Lipinski definition) is 1. The van der Waals surface area contributed by atoms with Crippen molar-refractivity contribution in [2.75, 3.05) is 6.54 Å². The summed E-state index contributed by atoms with van der Waals surface area (Å²) >= 11 is 3.35. The Balaban J connectivity index is 2.86. The molecule has 0 radical (unpaired) electrons. The highest BCUT2D eigenvalue weighted by molar-refractivity contribution is 9.10. The van der Waals surface area contributed by atoms with Crippen LogP contribution in [-0.2, 0) is 10.0 Å². The number of benzene rings is 1. The predicted octanol–water partition coefficient (Wildman–Crippen LogP) is 3.08. The van der Waals surface area contributed by atoms with Gasteiger partial charge in [0, 0.05) is 11.0 Å². The van der Waals surface area contributed by atoms with Gasteiger partial charge >= 0.3 is 0 Å². The summed E-state index contributed by atoms with van der Waals surface area (Å²) in [7, 11) is -3.38. The van der Waals surface area contributed by atoms with E-state index in [1.807, 2.05) is 20.8 Å². The van der Waals surface area contributed by atoms with Gasteiger partial charge in [-0.15, -0.1) is 0 Å². The van der Waals surface area contributed by atoms with Crippen molar-refractivity contribution in [3.63, 3.8) is 0 Å². The quantitative estimate of drug-likeness (QED) is 0.906. The summed E-state index contributed by atoms with van der Waals surface area (Å²) < 4.78 is 27.5. The molecule has 1 aromatic carbocycles. The maximum Gasteiger partial charge on any atom is 0.240 e. The molecule has 0 aliphatic heterocycles. The number of sulfonamides is 1. The van der Waals surface area contributed by atoms with Crippen molar-refractivity contribution in [2.24, 2.45) is 5.92 Å². The lowest BCUT2D eigenvalue weighted by atomic mass is 10.1. The molecule has 0 fully saturated rings. The van der Waals surface area contributed by atoms with Crippen molar-refractivity contribution in [1.29, 1.82) is 0 Å². The van der Waals surface area contributed by atoms with Crippen LogP contribution < -0.4 is 4.72 Å². The molecule has 0 aliphatic carbocycles. The second-order valence-corrected chi connectivity index (χ2v) is 6.90. The number of rotatable bonds is 5. The van der Waals surface area contributed by atoms with Crippen LogP contribution in [0.1, 0.15) is 25.8 Å². The molecule has 1 atom stereocenters. The average molecular weight is 320 g/mol. The van der Waals surface area contributed by atoms with Gasteiger partial charge in [0.2, 0.25) is 10.0 Å². The normalized spacial score (nSPS) is 13.6. The Morgan fingerprint density at radius 2 is 2.06 bits per heavy atom. The third-order valence-electron chi connectivity index (χ3n) is 2.76. The summed E-state index contributed by atoms with van der Waals surface area (Å²) in [4.78, 5) is 0.321. The molecule has 3 nitrogen and oxygen atoms in total. The first kappa shape index (κ1) is 14.7. The summed E-state index contributed by atoms with van der Waals surface area (Å²) in [5.41, 5.74) is 0.913. The molecular weight excluding hydrogens is 302 g/mol. The van der Waals surface area contributed by atoms with Gasteiger partial charge in [0.15, 0.2) is 0 Å². The number of halogens is 1. The van der Waals surface area contributed by atoms with E-state index in [-0.39, 0.29) is 0 Å². The predicted molar refractivity (Wildman–Crippen MR) is 73.5 cm³/mol. The summed E-state index contributed by atoms with van der Waals surface area (Å²) in [5.74, 6) is 0.348. The maximum absolute atomic E-state index is 12.0. The van der Waals surface area contributed by atoms with Crippen molar-refractivity contribution in [1.82, 2.24) is 4.72 Å². The van der Waals surface area contributed by atoms with Gasteiger partial charge < -0.3 is 0 Å². The molecular formula is C12H18BrNO2S. The highest BCUT2D eigenvalue weighted by Crippen LogP contribution is 2.20. The van der Waals surface area contributed by atoms with E-state index >= 15 is 0 Å². The molecule has 0 amide bonds. The van der Waals surface area contributed by atoms with E-state index in [2.05, 4.69) is 20.7 Å². The number of hydrogen-bond acceptors (Lipinski definition) is 2. The van der Waals surface area contributed by atoms with E-state index in [1.165, 1.54) is 0 Å². The van der Waals surface area contributed by atoms with Gasteiger partial charge in [-0.1, -0.05) is 36.2 Å². The standard InChI is InChI=1S/C12H18BrNO2S/c1-4-9(2)8-14-17(15,16)11-5-6-12(13)10(3)7-11/h5-7,9,14H,4,8H2,1-3H3. The molecule has 0 saturated heterocycles. The molecule has 0 spiro atoms. The summed E-state index contributed by atoms with van der Waals surface area (Å²) in [5, 5.41) is 0. The van der Waals surface area contributed by atoms with Crippen LogP contribution in [0.3, 0.4) is 0 Å². The van der Waals surface area contributed by atoms with Crippen LogP contribution >= 0.6 is 15.9 Å². The van der Waals surface area contributed by atoms with Crippen LogP contribution in [-0.4, -0.2) is 15.0 Å². The Hall–Kier alpha value is -0.390. The maximum atomic E-state index is 12.0. The van der Waals surface area contributed by atoms with Gasteiger partial charge in [-0.2, -0.15) is 0 Å². The Bertz CT molecular complexity index is 485. The van der Waals surface area contributed by atoms with E-state index in [0.717, 1.165) is 16.5 Å². The van der Waals surface area contributed by atoms with E-state index < -0.39 is 10.0 Å². The van der Waals surface area contributed by atoms with Crippen LogP contribution in [0.25, 0.3) is 0 Å². The van der Waals surface area contributed by atoms with Crippen molar-refractivity contribution in [3.8, 4) is 0 Å². The zero-order valence-corrected chi connectivity index (χ0v) is 12.7. The van der Waals surface area contributed by atoms with E-state index in [1.54, 1.807) is 18.2 Å². The van der Waals surface area contributed by atoms with Gasteiger partial charge in [0.05, 0.1) is 4.90 Å². The first-order valence-electron chi connectivity index (χ1n) is 5.62. The van der Waals surface area contributed by atoms with Gasteiger partial charge in [0.25, 0.3) is 0 Å². The molecule has 0 saturated carbocycles. The van der Waals surface area contributed by atoms with Crippen LogP contribution in [0.5, 0.6) is 0 Å².